The van der Waals surface area contributed by atoms with Gasteiger partial charge in [0.15, 0.2) is 5.82 Å². The fourth-order valence-corrected chi connectivity index (χ4v) is 1.38. The molecule has 0 radical (unpaired) electrons. The highest BCUT2D eigenvalue weighted by molar-refractivity contribution is 5.69. The average Bonchev–Trinajstić information content (AvgIpc) is 2.62. The molecule has 0 aromatic carbocycles. The van der Waals surface area contributed by atoms with E-state index in [2.05, 4.69) is 10.1 Å². The van der Waals surface area contributed by atoms with E-state index in [-0.39, 0.29) is 18.3 Å². The summed E-state index contributed by atoms with van der Waals surface area (Å²) in [5.41, 5.74) is 0. The van der Waals surface area contributed by atoms with Gasteiger partial charge in [0.2, 0.25) is 5.89 Å². The first-order chi connectivity index (χ1) is 8.67. The number of carbonyl (C=O) groups is 1. The van der Waals surface area contributed by atoms with Crippen molar-refractivity contribution in [3.05, 3.63) is 11.7 Å². The van der Waals surface area contributed by atoms with Crippen LogP contribution in [0.1, 0.15) is 31.5 Å². The van der Waals surface area contributed by atoms with Crippen molar-refractivity contribution in [1.29, 1.82) is 0 Å². The van der Waals surface area contributed by atoms with E-state index < -0.39 is 25.2 Å². The van der Waals surface area contributed by atoms with E-state index in [0.717, 1.165) is 0 Å². The molecule has 1 N–H and O–H groups in total. The first kappa shape index (κ1) is 15.4. The second-order valence-corrected chi connectivity index (χ2v) is 4.36. The number of halogens is 3. The minimum atomic E-state index is -4.49. The molecule has 108 valence electrons. The number of aromatic nitrogens is 2. The lowest BCUT2D eigenvalue weighted by Gasteiger charge is -2.19. The smallest absolute Gasteiger partial charge is 0.401 e. The lowest BCUT2D eigenvalue weighted by molar-refractivity contribution is -0.155. The van der Waals surface area contributed by atoms with Gasteiger partial charge in [0, 0.05) is 5.92 Å². The van der Waals surface area contributed by atoms with Gasteiger partial charge in [-0.15, -0.1) is 0 Å². The minimum absolute atomic E-state index is 0.0363. The number of alkyl halides is 3. The summed E-state index contributed by atoms with van der Waals surface area (Å²) in [6.45, 7) is 1.17. The number of aliphatic carboxylic acids is 1. The monoisotopic (exact) mass is 281 g/mol. The second-order valence-electron chi connectivity index (χ2n) is 4.36. The maximum absolute atomic E-state index is 12.3. The van der Waals surface area contributed by atoms with Crippen LogP contribution < -0.4 is 0 Å². The Balaban J connectivity index is 2.72. The van der Waals surface area contributed by atoms with Crippen molar-refractivity contribution in [3.63, 3.8) is 0 Å². The van der Waals surface area contributed by atoms with Gasteiger partial charge in [0.05, 0.1) is 19.6 Å². The van der Waals surface area contributed by atoms with Crippen molar-refractivity contribution in [2.75, 3.05) is 13.1 Å². The molecule has 0 saturated carbocycles. The van der Waals surface area contributed by atoms with E-state index in [1.807, 2.05) is 0 Å². The molecule has 0 atom stereocenters. The van der Waals surface area contributed by atoms with E-state index in [1.54, 1.807) is 13.8 Å². The van der Waals surface area contributed by atoms with Crippen LogP contribution in [-0.2, 0) is 11.3 Å². The summed E-state index contributed by atoms with van der Waals surface area (Å²) in [4.78, 5) is 15.1. The zero-order chi connectivity index (χ0) is 14.6. The van der Waals surface area contributed by atoms with E-state index in [4.69, 9.17) is 9.63 Å². The van der Waals surface area contributed by atoms with E-state index >= 15 is 0 Å². The lowest BCUT2D eigenvalue weighted by Crippen LogP contribution is -2.37. The zero-order valence-electron chi connectivity index (χ0n) is 10.4. The summed E-state index contributed by atoms with van der Waals surface area (Å²) in [5, 5.41) is 12.1. The van der Waals surface area contributed by atoms with Crippen LogP contribution in [0.3, 0.4) is 0 Å². The highest BCUT2D eigenvalue weighted by Gasteiger charge is 2.32. The maximum atomic E-state index is 12.3. The fraction of sp³-hybridized carbons (Fsp3) is 0.700. The Morgan fingerprint density at radius 1 is 1.47 bits per heavy atom. The average molecular weight is 281 g/mol. The maximum Gasteiger partial charge on any atom is 0.401 e. The Morgan fingerprint density at radius 3 is 2.53 bits per heavy atom. The molecule has 0 aliphatic carbocycles. The van der Waals surface area contributed by atoms with E-state index in [9.17, 15) is 18.0 Å². The molecular weight excluding hydrogens is 267 g/mol. The van der Waals surface area contributed by atoms with Gasteiger partial charge in [0.25, 0.3) is 0 Å². The summed E-state index contributed by atoms with van der Waals surface area (Å²) >= 11 is 0. The standard InChI is InChI=1S/C10H14F3N3O3/c1-6(2)9-14-7(15-19-9)3-16(4-8(17)18)5-10(11,12)13/h6H,3-5H2,1-2H3,(H,17,18). The summed E-state index contributed by atoms with van der Waals surface area (Å²) in [6.07, 6.45) is -4.49. The molecule has 19 heavy (non-hydrogen) atoms. The number of hydrogen-bond acceptors (Lipinski definition) is 5. The van der Waals surface area contributed by atoms with Crippen LogP contribution in [0.5, 0.6) is 0 Å². The molecule has 9 heteroatoms. The first-order valence-corrected chi connectivity index (χ1v) is 5.50. The van der Waals surface area contributed by atoms with Crippen LogP contribution in [-0.4, -0.2) is 45.4 Å². The SMILES string of the molecule is CC(C)c1nc(CN(CC(=O)O)CC(F)(F)F)no1. The first-order valence-electron chi connectivity index (χ1n) is 5.50. The highest BCUT2D eigenvalue weighted by Crippen LogP contribution is 2.18. The van der Waals surface area contributed by atoms with Crippen LogP contribution in [0.25, 0.3) is 0 Å². The molecular formula is C10H14F3N3O3. The molecule has 0 unspecified atom stereocenters. The van der Waals surface area contributed by atoms with Gasteiger partial charge in [-0.1, -0.05) is 19.0 Å². The van der Waals surface area contributed by atoms with Gasteiger partial charge < -0.3 is 9.63 Å². The molecule has 1 rings (SSSR count). The van der Waals surface area contributed by atoms with Crippen molar-refractivity contribution in [1.82, 2.24) is 15.0 Å². The second kappa shape index (κ2) is 6.00. The third-order valence-corrected chi connectivity index (χ3v) is 2.10. The normalized spacial score (nSPS) is 12.4. The Labute approximate surface area is 107 Å². The number of nitrogens with zero attached hydrogens (tertiary/aromatic N) is 3. The van der Waals surface area contributed by atoms with Crippen LogP contribution in [0.2, 0.25) is 0 Å². The lowest BCUT2D eigenvalue weighted by atomic mass is 10.2. The predicted octanol–water partition coefficient (Wildman–Crippen LogP) is 1.64. The zero-order valence-corrected chi connectivity index (χ0v) is 10.4. The summed E-state index contributed by atoms with van der Waals surface area (Å²) in [6, 6.07) is 0. The molecule has 1 aromatic rings. The van der Waals surface area contributed by atoms with Gasteiger partial charge in [-0.25, -0.2) is 0 Å². The summed E-state index contributed by atoms with van der Waals surface area (Å²) < 4.78 is 41.7. The van der Waals surface area contributed by atoms with Crippen LogP contribution in [0, 0.1) is 0 Å². The third-order valence-electron chi connectivity index (χ3n) is 2.10. The molecule has 0 saturated heterocycles. The molecule has 0 amide bonds. The van der Waals surface area contributed by atoms with Gasteiger partial charge in [-0.2, -0.15) is 18.2 Å². The minimum Gasteiger partial charge on any atom is -0.480 e. The molecule has 0 bridgehead atoms. The molecule has 1 heterocycles. The van der Waals surface area contributed by atoms with Crippen molar-refractivity contribution < 1.29 is 27.6 Å². The molecule has 0 fully saturated rings. The van der Waals surface area contributed by atoms with Crippen molar-refractivity contribution in [3.8, 4) is 0 Å². The molecule has 1 aromatic heterocycles. The Kier molecular flexibility index (Phi) is 4.87. The van der Waals surface area contributed by atoms with E-state index in [1.165, 1.54) is 0 Å². The van der Waals surface area contributed by atoms with E-state index in [0.29, 0.717) is 10.8 Å². The van der Waals surface area contributed by atoms with Gasteiger partial charge in [0.1, 0.15) is 0 Å². The van der Waals surface area contributed by atoms with Crippen LogP contribution >= 0.6 is 0 Å². The van der Waals surface area contributed by atoms with Crippen LogP contribution in [0.4, 0.5) is 13.2 Å². The highest BCUT2D eigenvalue weighted by atomic mass is 19.4. The molecule has 0 spiro atoms. The van der Waals surface area contributed by atoms with Crippen LogP contribution in [0.15, 0.2) is 4.52 Å². The van der Waals surface area contributed by atoms with Crippen molar-refractivity contribution >= 4 is 5.97 Å². The molecule has 0 aliphatic rings. The van der Waals surface area contributed by atoms with Gasteiger partial charge in [-0.05, 0) is 0 Å². The topological polar surface area (TPSA) is 79.5 Å². The van der Waals surface area contributed by atoms with Gasteiger partial charge in [-0.3, -0.25) is 9.69 Å². The summed E-state index contributed by atoms with van der Waals surface area (Å²) in [7, 11) is 0. The van der Waals surface area contributed by atoms with Crippen molar-refractivity contribution in [2.24, 2.45) is 0 Å². The molecule has 6 nitrogen and oxygen atoms in total. The number of carboxylic acids is 1. The Bertz CT molecular complexity index is 431. The third kappa shape index (κ3) is 5.69. The van der Waals surface area contributed by atoms with Crippen molar-refractivity contribution in [2.45, 2.75) is 32.5 Å². The quantitative estimate of drug-likeness (QED) is 0.854. The number of carboxylic acid groups (broad SMARTS) is 1. The fourth-order valence-electron chi connectivity index (χ4n) is 1.38. The van der Waals surface area contributed by atoms with Gasteiger partial charge >= 0.3 is 12.1 Å². The summed E-state index contributed by atoms with van der Waals surface area (Å²) in [5.74, 6) is -1.06. The number of rotatable bonds is 6. The largest absolute Gasteiger partial charge is 0.480 e. The molecule has 0 aliphatic heterocycles. The predicted molar refractivity (Wildman–Crippen MR) is 57.4 cm³/mol. The Morgan fingerprint density at radius 2 is 2.11 bits per heavy atom. The number of hydrogen-bond donors (Lipinski definition) is 1. The Hall–Kier alpha value is -1.64.